The minimum atomic E-state index is -0.464. The molecule has 0 aliphatic rings. The van der Waals surface area contributed by atoms with Gasteiger partial charge in [-0.05, 0) is 57.1 Å². The number of rotatable bonds is 10. The monoisotopic (exact) mass is 442 g/mol. The molecule has 0 spiro atoms. The maximum atomic E-state index is 12.9. The number of likely N-dealkylation sites (N-methyl/N-ethyl adjacent to an activating group) is 1. The normalized spacial score (nSPS) is 10.7. The largest absolute Gasteiger partial charge is 0.462 e. The Morgan fingerprint density at radius 2 is 1.56 bits per heavy atom. The molecule has 0 atom stereocenters. The molecule has 0 aliphatic heterocycles. The van der Waals surface area contributed by atoms with E-state index in [2.05, 4.69) is 15.6 Å². The van der Waals surface area contributed by atoms with E-state index in [9.17, 15) is 19.2 Å². The first-order valence-corrected chi connectivity index (χ1v) is 10.5. The average Bonchev–Trinajstić information content (AvgIpc) is 3.02. The quantitative estimate of drug-likeness (QED) is 0.384. The molecule has 0 aliphatic carbocycles. The van der Waals surface area contributed by atoms with Crippen LogP contribution in [0, 0.1) is 13.8 Å². The molecule has 1 aromatic carbocycles. The highest BCUT2D eigenvalue weighted by molar-refractivity contribution is 6.02. The molecule has 2 amide bonds. The molecule has 1 aromatic heterocycles. The minimum absolute atomic E-state index is 0.0223. The third-order valence-electron chi connectivity index (χ3n) is 4.87. The van der Waals surface area contributed by atoms with Gasteiger partial charge in [-0.25, -0.2) is 4.79 Å². The van der Waals surface area contributed by atoms with Crippen molar-refractivity contribution in [3.8, 4) is 0 Å². The van der Waals surface area contributed by atoms with Crippen molar-refractivity contribution in [1.29, 1.82) is 0 Å². The van der Waals surface area contributed by atoms with Crippen LogP contribution in [0.15, 0.2) is 24.3 Å². The fourth-order valence-electron chi connectivity index (χ4n) is 3.34. The minimum Gasteiger partial charge on any atom is -0.462 e. The van der Waals surface area contributed by atoms with E-state index in [1.54, 1.807) is 49.9 Å². The number of carbonyl (C=O) groups excluding carboxylic acids is 4. The van der Waals surface area contributed by atoms with E-state index in [-0.39, 0.29) is 37.3 Å². The highest BCUT2D eigenvalue weighted by atomic mass is 16.5. The fourth-order valence-corrected chi connectivity index (χ4v) is 3.34. The topological polar surface area (TPSA) is 121 Å². The summed E-state index contributed by atoms with van der Waals surface area (Å²) in [7, 11) is 0. The highest BCUT2D eigenvalue weighted by Gasteiger charge is 2.24. The Hall–Kier alpha value is -3.46. The van der Waals surface area contributed by atoms with Gasteiger partial charge in [-0.2, -0.15) is 0 Å². The molecule has 32 heavy (non-hydrogen) atoms. The van der Waals surface area contributed by atoms with Crippen molar-refractivity contribution in [2.24, 2.45) is 0 Å². The van der Waals surface area contributed by atoms with Gasteiger partial charge in [-0.3, -0.25) is 19.3 Å². The summed E-state index contributed by atoms with van der Waals surface area (Å²) < 4.78 is 5.07. The molecule has 9 heteroatoms. The average molecular weight is 443 g/mol. The van der Waals surface area contributed by atoms with Crippen LogP contribution in [0.1, 0.15) is 52.9 Å². The first-order chi connectivity index (χ1) is 15.2. The summed E-state index contributed by atoms with van der Waals surface area (Å²) in [6.07, 6.45) is 0. The number of hydrogen-bond acceptors (Lipinski definition) is 6. The van der Waals surface area contributed by atoms with Crippen molar-refractivity contribution < 1.29 is 23.9 Å². The third kappa shape index (κ3) is 6.52. The van der Waals surface area contributed by atoms with Crippen molar-refractivity contribution in [2.75, 3.05) is 36.9 Å². The molecular weight excluding hydrogens is 412 g/mol. The lowest BCUT2D eigenvalue weighted by Gasteiger charge is -2.19. The van der Waals surface area contributed by atoms with E-state index in [1.807, 2.05) is 6.92 Å². The Balaban J connectivity index is 2.00. The number of Topliss-reactive ketones (excluding diaryl/α,β-unsaturated/α-hetero) is 1. The number of amides is 2. The van der Waals surface area contributed by atoms with Gasteiger partial charge >= 0.3 is 5.97 Å². The Labute approximate surface area is 187 Å². The maximum Gasteiger partial charge on any atom is 0.340 e. The van der Waals surface area contributed by atoms with Gasteiger partial charge in [0.1, 0.15) is 0 Å². The molecule has 1 heterocycles. The summed E-state index contributed by atoms with van der Waals surface area (Å²) in [5.41, 5.74) is 3.06. The van der Waals surface area contributed by atoms with Crippen molar-refractivity contribution in [2.45, 2.75) is 34.6 Å². The molecule has 0 radical (unpaired) electrons. The number of nitrogens with zero attached hydrogens (tertiary/aromatic N) is 1. The Bertz CT molecular complexity index is 995. The zero-order chi connectivity index (χ0) is 23.8. The van der Waals surface area contributed by atoms with Crippen molar-refractivity contribution in [3.63, 3.8) is 0 Å². The van der Waals surface area contributed by atoms with Crippen LogP contribution in [0.3, 0.4) is 0 Å². The molecule has 2 rings (SSSR count). The summed E-state index contributed by atoms with van der Waals surface area (Å²) in [4.78, 5) is 53.2. The molecule has 9 nitrogen and oxygen atoms in total. The van der Waals surface area contributed by atoms with Gasteiger partial charge in [0.15, 0.2) is 5.78 Å². The van der Waals surface area contributed by atoms with E-state index < -0.39 is 5.97 Å². The smallest absolute Gasteiger partial charge is 0.340 e. The van der Waals surface area contributed by atoms with Gasteiger partial charge in [-0.1, -0.05) is 6.92 Å². The standard InChI is InChI=1S/C23H30N4O5/c1-6-27(13-20(30)26-18-10-8-17(9-11-18)25-16(5)28)12-19(29)22-14(3)21(15(4)24-22)23(31)32-7-2/h8-11,24H,6-7,12-13H2,1-5H3,(H,25,28)(H,26,30). The molecule has 0 bridgehead atoms. The number of aromatic amines is 1. The van der Waals surface area contributed by atoms with Gasteiger partial charge in [0.05, 0.1) is 31.0 Å². The van der Waals surface area contributed by atoms with Gasteiger partial charge in [-0.15, -0.1) is 0 Å². The fraction of sp³-hybridized carbons (Fsp3) is 0.391. The number of ketones is 1. The van der Waals surface area contributed by atoms with Crippen LogP contribution in [-0.4, -0.2) is 59.7 Å². The summed E-state index contributed by atoms with van der Waals surface area (Å²) >= 11 is 0. The number of hydrogen-bond donors (Lipinski definition) is 3. The molecule has 0 saturated heterocycles. The van der Waals surface area contributed by atoms with Crippen LogP contribution in [0.5, 0.6) is 0 Å². The molecule has 172 valence electrons. The van der Waals surface area contributed by atoms with Crippen LogP contribution < -0.4 is 10.6 Å². The lowest BCUT2D eigenvalue weighted by molar-refractivity contribution is -0.117. The Morgan fingerprint density at radius 1 is 0.969 bits per heavy atom. The van der Waals surface area contributed by atoms with Crippen molar-refractivity contribution in [3.05, 3.63) is 46.8 Å². The summed E-state index contributed by atoms with van der Waals surface area (Å²) in [6, 6.07) is 6.75. The number of H-pyrrole nitrogens is 1. The number of aromatic nitrogens is 1. The zero-order valence-electron chi connectivity index (χ0n) is 19.1. The number of anilines is 2. The highest BCUT2D eigenvalue weighted by Crippen LogP contribution is 2.20. The van der Waals surface area contributed by atoms with Crippen LogP contribution in [0.2, 0.25) is 0 Å². The van der Waals surface area contributed by atoms with E-state index in [0.29, 0.717) is 40.4 Å². The predicted molar refractivity (Wildman–Crippen MR) is 122 cm³/mol. The number of benzene rings is 1. The van der Waals surface area contributed by atoms with Gasteiger partial charge < -0.3 is 20.4 Å². The van der Waals surface area contributed by atoms with E-state index in [4.69, 9.17) is 4.74 Å². The first-order valence-electron chi connectivity index (χ1n) is 10.5. The Kier molecular flexibility index (Phi) is 8.71. The summed E-state index contributed by atoms with van der Waals surface area (Å²) in [5.74, 6) is -1.12. The maximum absolute atomic E-state index is 12.9. The molecule has 0 fully saturated rings. The first kappa shape index (κ1) is 24.8. The molecule has 3 N–H and O–H groups in total. The van der Waals surface area contributed by atoms with Gasteiger partial charge in [0, 0.05) is 24.0 Å². The lowest BCUT2D eigenvalue weighted by Crippen LogP contribution is -2.37. The van der Waals surface area contributed by atoms with Crippen molar-refractivity contribution in [1.82, 2.24) is 9.88 Å². The molecule has 0 saturated carbocycles. The van der Waals surface area contributed by atoms with E-state index in [1.165, 1.54) is 6.92 Å². The SMILES string of the molecule is CCOC(=O)c1c(C)[nH]c(C(=O)CN(CC)CC(=O)Nc2ccc(NC(C)=O)cc2)c1C. The van der Waals surface area contributed by atoms with E-state index in [0.717, 1.165) is 0 Å². The van der Waals surface area contributed by atoms with Gasteiger partial charge in [0.25, 0.3) is 0 Å². The molecule has 0 unspecified atom stereocenters. The lowest BCUT2D eigenvalue weighted by atomic mass is 10.1. The van der Waals surface area contributed by atoms with Crippen LogP contribution >= 0.6 is 0 Å². The molecular formula is C23H30N4O5. The second kappa shape index (κ2) is 11.2. The summed E-state index contributed by atoms with van der Waals surface area (Å²) in [5, 5.41) is 5.44. The van der Waals surface area contributed by atoms with Crippen LogP contribution in [0.25, 0.3) is 0 Å². The number of ether oxygens (including phenoxy) is 1. The number of esters is 1. The number of nitrogens with one attached hydrogen (secondary N) is 3. The third-order valence-corrected chi connectivity index (χ3v) is 4.87. The predicted octanol–water partition coefficient (Wildman–Crippen LogP) is 2.91. The Morgan fingerprint density at radius 3 is 2.09 bits per heavy atom. The van der Waals surface area contributed by atoms with Crippen LogP contribution in [0.4, 0.5) is 11.4 Å². The summed E-state index contributed by atoms with van der Waals surface area (Å²) in [6.45, 7) is 9.22. The molecule has 2 aromatic rings. The van der Waals surface area contributed by atoms with E-state index >= 15 is 0 Å². The van der Waals surface area contributed by atoms with Gasteiger partial charge in [0.2, 0.25) is 11.8 Å². The van der Waals surface area contributed by atoms with Crippen molar-refractivity contribution >= 4 is 34.9 Å². The number of aryl methyl sites for hydroxylation is 1. The second-order valence-corrected chi connectivity index (χ2v) is 7.38. The van der Waals surface area contributed by atoms with Crippen LogP contribution in [-0.2, 0) is 14.3 Å². The number of carbonyl (C=O) groups is 4. The second-order valence-electron chi connectivity index (χ2n) is 7.38. The zero-order valence-corrected chi connectivity index (χ0v) is 19.1.